The molecule has 0 saturated carbocycles. The number of aliphatic hydroxyl groups is 1. The Morgan fingerprint density at radius 3 is 2.54 bits per heavy atom. The van der Waals surface area contributed by atoms with Gasteiger partial charge in [-0.15, -0.1) is 0 Å². The minimum Gasteiger partial charge on any atom is -0.392 e. The van der Waals surface area contributed by atoms with E-state index in [4.69, 9.17) is 0 Å². The van der Waals surface area contributed by atoms with Crippen molar-refractivity contribution in [3.05, 3.63) is 0 Å². The van der Waals surface area contributed by atoms with Crippen molar-refractivity contribution in [2.75, 3.05) is 27.2 Å². The van der Waals surface area contributed by atoms with E-state index in [1.165, 1.54) is 22.7 Å². The summed E-state index contributed by atoms with van der Waals surface area (Å²) in [6.07, 6.45) is 0.914. The summed E-state index contributed by atoms with van der Waals surface area (Å²) >= 11 is 0. The van der Waals surface area contributed by atoms with Crippen LogP contribution in [0.5, 0.6) is 0 Å². The van der Waals surface area contributed by atoms with Gasteiger partial charge >= 0.3 is 0 Å². The van der Waals surface area contributed by atoms with Crippen molar-refractivity contribution >= 4 is 10.2 Å². The van der Waals surface area contributed by atoms with E-state index in [2.05, 4.69) is 0 Å². The summed E-state index contributed by atoms with van der Waals surface area (Å²) in [6, 6.07) is 0. The van der Waals surface area contributed by atoms with Crippen molar-refractivity contribution in [3.63, 3.8) is 0 Å². The zero-order valence-corrected chi connectivity index (χ0v) is 8.79. The third kappa shape index (κ3) is 2.40. The molecule has 1 rings (SSSR count). The van der Waals surface area contributed by atoms with Crippen LogP contribution < -0.4 is 0 Å². The maximum Gasteiger partial charge on any atom is 0.281 e. The Kier molecular flexibility index (Phi) is 3.28. The number of nitrogens with zero attached hydrogens (tertiary/aromatic N) is 2. The normalized spacial score (nSPS) is 26.6. The average Bonchev–Trinajstić information content (AvgIpc) is 2.04. The second kappa shape index (κ2) is 3.91. The lowest BCUT2D eigenvalue weighted by Gasteiger charge is -2.31. The largest absolute Gasteiger partial charge is 0.392 e. The molecule has 1 atom stereocenters. The third-order valence-electron chi connectivity index (χ3n) is 2.15. The van der Waals surface area contributed by atoms with E-state index < -0.39 is 16.3 Å². The second-order valence-electron chi connectivity index (χ2n) is 3.44. The molecule has 1 fully saturated rings. The minimum atomic E-state index is -3.33. The molecule has 1 heterocycles. The van der Waals surface area contributed by atoms with Crippen LogP contribution in [0.3, 0.4) is 0 Å². The van der Waals surface area contributed by atoms with Gasteiger partial charge in [0.2, 0.25) is 0 Å². The fraction of sp³-hybridized carbons (Fsp3) is 1.00. The Hall–Kier alpha value is -0.170. The molecule has 0 aromatic rings. The Balaban J connectivity index is 2.71. The quantitative estimate of drug-likeness (QED) is 0.649. The van der Waals surface area contributed by atoms with E-state index in [1.807, 2.05) is 0 Å². The number of hydrogen-bond donors (Lipinski definition) is 1. The molecular formula is C7H16N2O3S. The fourth-order valence-corrected chi connectivity index (χ4v) is 2.54. The molecule has 0 aromatic carbocycles. The second-order valence-corrected chi connectivity index (χ2v) is 5.59. The highest BCUT2D eigenvalue weighted by Crippen LogP contribution is 2.14. The molecule has 1 N–H and O–H groups in total. The molecule has 1 saturated heterocycles. The summed E-state index contributed by atoms with van der Waals surface area (Å²) < 4.78 is 25.6. The standard InChI is InChI=1S/C7H16N2O3S/c1-8(2)13(11,12)9-5-3-4-7(10)6-9/h7,10H,3-6H2,1-2H3/t7-/m0/s1. The van der Waals surface area contributed by atoms with E-state index in [9.17, 15) is 13.5 Å². The first kappa shape index (κ1) is 10.9. The molecule has 13 heavy (non-hydrogen) atoms. The monoisotopic (exact) mass is 208 g/mol. The molecule has 0 radical (unpaired) electrons. The first-order valence-corrected chi connectivity index (χ1v) is 5.70. The number of β-amino-alcohol motifs (C(OH)–C–C–N with tert-alkyl or cyclic N) is 1. The summed E-state index contributed by atoms with van der Waals surface area (Å²) in [5, 5.41) is 9.30. The zero-order valence-electron chi connectivity index (χ0n) is 7.97. The molecule has 0 unspecified atom stereocenters. The van der Waals surface area contributed by atoms with Gasteiger partial charge in [0.1, 0.15) is 0 Å². The number of aliphatic hydroxyl groups excluding tert-OH is 1. The molecule has 0 amide bonds. The van der Waals surface area contributed by atoms with Crippen molar-refractivity contribution in [2.45, 2.75) is 18.9 Å². The summed E-state index contributed by atoms with van der Waals surface area (Å²) in [7, 11) is -0.334. The highest BCUT2D eigenvalue weighted by molar-refractivity contribution is 7.86. The van der Waals surface area contributed by atoms with Gasteiger partial charge in [-0.3, -0.25) is 0 Å². The maximum absolute atomic E-state index is 11.6. The zero-order chi connectivity index (χ0) is 10.1. The van der Waals surface area contributed by atoms with Crippen molar-refractivity contribution in [2.24, 2.45) is 0 Å². The third-order valence-corrected chi connectivity index (χ3v) is 4.05. The van der Waals surface area contributed by atoms with Gasteiger partial charge in [0.05, 0.1) is 6.10 Å². The first-order chi connectivity index (χ1) is 5.94. The molecule has 0 spiro atoms. The molecule has 0 bridgehead atoms. The van der Waals surface area contributed by atoms with E-state index in [0.717, 1.165) is 6.42 Å². The maximum atomic E-state index is 11.6. The number of hydrogen-bond acceptors (Lipinski definition) is 3. The van der Waals surface area contributed by atoms with Crippen LogP contribution >= 0.6 is 0 Å². The molecular weight excluding hydrogens is 192 g/mol. The van der Waals surface area contributed by atoms with Crippen molar-refractivity contribution in [1.82, 2.24) is 8.61 Å². The van der Waals surface area contributed by atoms with Gasteiger partial charge in [0.25, 0.3) is 10.2 Å². The molecule has 5 nitrogen and oxygen atoms in total. The van der Waals surface area contributed by atoms with Crippen LogP contribution in [-0.4, -0.2) is 55.4 Å². The van der Waals surface area contributed by atoms with E-state index in [1.54, 1.807) is 0 Å². The van der Waals surface area contributed by atoms with Crippen molar-refractivity contribution < 1.29 is 13.5 Å². The topological polar surface area (TPSA) is 60.9 Å². The van der Waals surface area contributed by atoms with Crippen LogP contribution in [0, 0.1) is 0 Å². The molecule has 1 aliphatic heterocycles. The highest BCUT2D eigenvalue weighted by Gasteiger charge is 2.29. The van der Waals surface area contributed by atoms with Crippen LogP contribution in [0.2, 0.25) is 0 Å². The van der Waals surface area contributed by atoms with Gasteiger partial charge in [-0.25, -0.2) is 0 Å². The highest BCUT2D eigenvalue weighted by atomic mass is 32.2. The van der Waals surface area contributed by atoms with Gasteiger partial charge in [0, 0.05) is 27.2 Å². The molecule has 0 aliphatic carbocycles. The summed E-state index contributed by atoms with van der Waals surface area (Å²) in [4.78, 5) is 0. The van der Waals surface area contributed by atoms with Crippen LogP contribution in [0.25, 0.3) is 0 Å². The Bertz CT molecular complexity index is 263. The van der Waals surface area contributed by atoms with E-state index in [0.29, 0.717) is 13.0 Å². The molecule has 1 aliphatic rings. The van der Waals surface area contributed by atoms with Crippen LogP contribution in [-0.2, 0) is 10.2 Å². The van der Waals surface area contributed by atoms with Crippen LogP contribution in [0.15, 0.2) is 0 Å². The molecule has 78 valence electrons. The van der Waals surface area contributed by atoms with Gasteiger partial charge in [0.15, 0.2) is 0 Å². The lowest BCUT2D eigenvalue weighted by Crippen LogP contribution is -2.46. The predicted molar refractivity (Wildman–Crippen MR) is 49.4 cm³/mol. The predicted octanol–water partition coefficient (Wildman–Crippen LogP) is -0.750. The Morgan fingerprint density at radius 1 is 1.46 bits per heavy atom. The van der Waals surface area contributed by atoms with E-state index >= 15 is 0 Å². The first-order valence-electron chi connectivity index (χ1n) is 4.30. The van der Waals surface area contributed by atoms with Gasteiger partial charge in [-0.2, -0.15) is 17.0 Å². The fourth-order valence-electron chi connectivity index (χ4n) is 1.36. The molecule has 6 heteroatoms. The molecule has 0 aromatic heterocycles. The van der Waals surface area contributed by atoms with Crippen LogP contribution in [0.4, 0.5) is 0 Å². The average molecular weight is 208 g/mol. The van der Waals surface area contributed by atoms with Gasteiger partial charge in [-0.05, 0) is 12.8 Å². The van der Waals surface area contributed by atoms with Crippen molar-refractivity contribution in [3.8, 4) is 0 Å². The van der Waals surface area contributed by atoms with Gasteiger partial charge < -0.3 is 5.11 Å². The van der Waals surface area contributed by atoms with Gasteiger partial charge in [-0.1, -0.05) is 0 Å². The van der Waals surface area contributed by atoms with E-state index in [-0.39, 0.29) is 6.54 Å². The number of rotatable bonds is 2. The summed E-state index contributed by atoms with van der Waals surface area (Å²) in [6.45, 7) is 0.734. The Morgan fingerprint density at radius 2 is 2.08 bits per heavy atom. The van der Waals surface area contributed by atoms with Crippen LogP contribution in [0.1, 0.15) is 12.8 Å². The minimum absolute atomic E-state index is 0.223. The summed E-state index contributed by atoms with van der Waals surface area (Å²) in [5.74, 6) is 0. The number of piperidine rings is 1. The summed E-state index contributed by atoms with van der Waals surface area (Å²) in [5.41, 5.74) is 0. The lowest BCUT2D eigenvalue weighted by atomic mass is 10.1. The smallest absolute Gasteiger partial charge is 0.281 e. The SMILES string of the molecule is CN(C)S(=O)(=O)N1CCC[C@H](O)C1. The lowest BCUT2D eigenvalue weighted by molar-refractivity contribution is 0.105. The van der Waals surface area contributed by atoms with Crippen molar-refractivity contribution in [1.29, 1.82) is 0 Å². The Labute approximate surface area is 79.1 Å².